The summed E-state index contributed by atoms with van der Waals surface area (Å²) in [6.07, 6.45) is 1.06. The maximum absolute atomic E-state index is 12.9. The Labute approximate surface area is 208 Å². The number of rotatable bonds is 14. The van der Waals surface area contributed by atoms with Gasteiger partial charge in [0.1, 0.15) is 23.6 Å². The Bertz CT molecular complexity index is 1210. The Morgan fingerprint density at radius 1 is 1.03 bits per heavy atom. The maximum atomic E-state index is 12.9. The van der Waals surface area contributed by atoms with E-state index in [-0.39, 0.29) is 24.3 Å². The third-order valence-electron chi connectivity index (χ3n) is 5.46. The van der Waals surface area contributed by atoms with E-state index in [0.29, 0.717) is 24.7 Å². The molecule has 11 nitrogen and oxygen atoms in total. The minimum absolute atomic E-state index is 0.00323. The van der Waals surface area contributed by atoms with Crippen LogP contribution in [0.15, 0.2) is 47.4 Å². The van der Waals surface area contributed by atoms with E-state index in [4.69, 9.17) is 5.11 Å². The highest BCUT2D eigenvalue weighted by Crippen LogP contribution is 2.24. The van der Waals surface area contributed by atoms with Crippen LogP contribution >= 0.6 is 0 Å². The number of aldehydes is 1. The zero-order valence-corrected chi connectivity index (χ0v) is 20.3. The third-order valence-corrected chi connectivity index (χ3v) is 6.92. The lowest BCUT2D eigenvalue weighted by Gasteiger charge is -2.20. The van der Waals surface area contributed by atoms with Crippen molar-refractivity contribution in [2.75, 3.05) is 6.54 Å². The molecular formula is C24H28N2O9S. The van der Waals surface area contributed by atoms with Gasteiger partial charge in [-0.3, -0.25) is 4.79 Å². The van der Waals surface area contributed by atoms with E-state index in [1.165, 1.54) is 0 Å². The minimum atomic E-state index is -4.04. The molecule has 0 aromatic heterocycles. The summed E-state index contributed by atoms with van der Waals surface area (Å²) < 4.78 is 27.3. The number of amides is 1. The number of aliphatic carboxylic acids is 1. The minimum Gasteiger partial charge on any atom is -0.507 e. The quantitative estimate of drug-likeness (QED) is 0.183. The van der Waals surface area contributed by atoms with Crippen LogP contribution in [0.2, 0.25) is 0 Å². The molecule has 2 aromatic carbocycles. The highest BCUT2D eigenvalue weighted by atomic mass is 32.2. The Kier molecular flexibility index (Phi) is 10.1. The summed E-state index contributed by atoms with van der Waals surface area (Å²) in [4.78, 5) is 45.8. The normalized spacial score (nSPS) is 12.9. The molecule has 0 saturated carbocycles. The first-order valence-corrected chi connectivity index (χ1v) is 12.5. The molecule has 2 rings (SSSR count). The molecule has 0 aliphatic carbocycles. The zero-order chi connectivity index (χ0) is 26.9. The lowest BCUT2D eigenvalue weighted by atomic mass is 9.91. The van der Waals surface area contributed by atoms with Gasteiger partial charge < -0.3 is 25.4 Å². The fraction of sp³-hybridized carbons (Fsp3) is 0.333. The van der Waals surface area contributed by atoms with Crippen molar-refractivity contribution in [2.24, 2.45) is 0 Å². The van der Waals surface area contributed by atoms with Crippen LogP contribution in [-0.2, 0) is 24.4 Å². The van der Waals surface area contributed by atoms with E-state index >= 15 is 0 Å². The van der Waals surface area contributed by atoms with Crippen LogP contribution < -0.4 is 10.0 Å². The Hall–Kier alpha value is -3.77. The first-order chi connectivity index (χ1) is 17.0. The third kappa shape index (κ3) is 7.89. The number of carboxylic acid groups (broad SMARTS) is 2. The molecule has 36 heavy (non-hydrogen) atoms. The van der Waals surface area contributed by atoms with Gasteiger partial charge in [0.05, 0.1) is 10.8 Å². The molecule has 0 heterocycles. The number of aromatic carboxylic acids is 1. The fourth-order valence-corrected chi connectivity index (χ4v) is 4.55. The van der Waals surface area contributed by atoms with Gasteiger partial charge in [-0.2, -0.15) is 0 Å². The predicted molar refractivity (Wildman–Crippen MR) is 128 cm³/mol. The fourth-order valence-electron chi connectivity index (χ4n) is 3.45. The van der Waals surface area contributed by atoms with E-state index in [1.54, 1.807) is 12.1 Å². The monoisotopic (exact) mass is 520 g/mol. The molecule has 5 N–H and O–H groups in total. The molecule has 2 aromatic rings. The summed E-state index contributed by atoms with van der Waals surface area (Å²) in [7, 11) is -4.04. The number of aromatic hydroxyl groups is 1. The largest absolute Gasteiger partial charge is 0.507 e. The van der Waals surface area contributed by atoms with Crippen molar-refractivity contribution in [3.8, 4) is 5.75 Å². The van der Waals surface area contributed by atoms with Gasteiger partial charge in [0.15, 0.2) is 0 Å². The van der Waals surface area contributed by atoms with Crippen LogP contribution in [0.25, 0.3) is 0 Å². The van der Waals surface area contributed by atoms with Crippen molar-refractivity contribution in [3.63, 3.8) is 0 Å². The number of carbonyl (C=O) groups excluding carboxylic acids is 2. The number of sulfonamides is 1. The summed E-state index contributed by atoms with van der Waals surface area (Å²) in [5, 5.41) is 30.2. The van der Waals surface area contributed by atoms with Crippen molar-refractivity contribution in [3.05, 3.63) is 59.2 Å². The van der Waals surface area contributed by atoms with Crippen LogP contribution in [0, 0.1) is 6.92 Å². The predicted octanol–water partition coefficient (Wildman–Crippen LogP) is 1.79. The van der Waals surface area contributed by atoms with Gasteiger partial charge in [-0.25, -0.2) is 22.7 Å². The summed E-state index contributed by atoms with van der Waals surface area (Å²) >= 11 is 0. The number of unbranched alkanes of at least 4 members (excludes halogenated alkanes) is 1. The van der Waals surface area contributed by atoms with Crippen molar-refractivity contribution < 1.29 is 42.9 Å². The second-order valence-electron chi connectivity index (χ2n) is 8.14. The number of hydrogen-bond acceptors (Lipinski definition) is 7. The molecule has 12 heteroatoms. The van der Waals surface area contributed by atoms with Crippen LogP contribution in [0.5, 0.6) is 5.75 Å². The molecule has 1 amide bonds. The summed E-state index contributed by atoms with van der Waals surface area (Å²) in [6, 6.07) is 8.70. The van der Waals surface area contributed by atoms with E-state index in [1.807, 2.05) is 19.1 Å². The summed E-state index contributed by atoms with van der Waals surface area (Å²) in [5.74, 6) is -4.62. The smallest absolute Gasteiger partial charge is 0.339 e. The highest BCUT2D eigenvalue weighted by molar-refractivity contribution is 7.89. The second-order valence-corrected chi connectivity index (χ2v) is 9.91. The van der Waals surface area contributed by atoms with E-state index in [9.17, 15) is 37.8 Å². The van der Waals surface area contributed by atoms with E-state index in [2.05, 4.69) is 10.0 Å². The first kappa shape index (κ1) is 28.5. The van der Waals surface area contributed by atoms with E-state index in [0.717, 1.165) is 23.8 Å². The maximum Gasteiger partial charge on any atom is 0.339 e. The highest BCUT2D eigenvalue weighted by Gasteiger charge is 2.26. The summed E-state index contributed by atoms with van der Waals surface area (Å²) in [5.41, 5.74) is 1.08. The number of phenols is 1. The van der Waals surface area contributed by atoms with Gasteiger partial charge in [-0.05, 0) is 43.5 Å². The molecule has 2 atom stereocenters. The van der Waals surface area contributed by atoms with Crippen molar-refractivity contribution >= 4 is 34.2 Å². The van der Waals surface area contributed by atoms with Crippen molar-refractivity contribution in [1.29, 1.82) is 0 Å². The molecule has 0 aliphatic rings. The van der Waals surface area contributed by atoms with Crippen molar-refractivity contribution in [1.82, 2.24) is 10.0 Å². The number of hydrogen-bond donors (Lipinski definition) is 5. The zero-order valence-electron chi connectivity index (χ0n) is 19.5. The van der Waals surface area contributed by atoms with Crippen molar-refractivity contribution in [2.45, 2.75) is 49.5 Å². The van der Waals surface area contributed by atoms with Crippen LogP contribution in [-0.4, -0.2) is 60.5 Å². The lowest BCUT2D eigenvalue weighted by molar-refractivity contribution is -0.142. The van der Waals surface area contributed by atoms with Crippen LogP contribution in [0.3, 0.4) is 0 Å². The molecule has 1 unspecified atom stereocenters. The number of aryl methyl sites for hydroxylation is 1. The molecule has 0 bridgehead atoms. The van der Waals surface area contributed by atoms with Gasteiger partial charge in [-0.15, -0.1) is 0 Å². The molecule has 194 valence electrons. The Morgan fingerprint density at radius 2 is 1.69 bits per heavy atom. The second kappa shape index (κ2) is 12.8. The van der Waals surface area contributed by atoms with Gasteiger partial charge >= 0.3 is 11.9 Å². The average molecular weight is 521 g/mol. The van der Waals surface area contributed by atoms with Crippen LogP contribution in [0.4, 0.5) is 0 Å². The Balaban J connectivity index is 2.04. The number of carbonyl (C=O) groups is 4. The van der Waals surface area contributed by atoms with Gasteiger partial charge in [-0.1, -0.05) is 36.2 Å². The standard InChI is InChI=1S/C24H28N2O9S/c1-15-5-7-16(8-6-15)18(22(29)26-20(11-13-27)24(32)33)4-2-3-12-25-36(34,35)17-9-10-21(28)19(14-17)23(30)31/h5-10,13-14,18,20,25,28H,2-4,11-12H2,1H3,(H,26,29)(H,30,31)(H,32,33)/t18?,20-/m0/s1. The number of benzene rings is 2. The molecular weight excluding hydrogens is 492 g/mol. The van der Waals surface area contributed by atoms with Gasteiger partial charge in [0, 0.05) is 13.0 Å². The Morgan fingerprint density at radius 3 is 2.28 bits per heavy atom. The van der Waals surface area contributed by atoms with Gasteiger partial charge in [0.2, 0.25) is 15.9 Å². The molecule has 0 fully saturated rings. The topological polar surface area (TPSA) is 187 Å². The average Bonchev–Trinajstić information content (AvgIpc) is 2.81. The molecule has 0 saturated heterocycles. The molecule has 0 spiro atoms. The van der Waals surface area contributed by atoms with E-state index < -0.39 is 51.1 Å². The van der Waals surface area contributed by atoms with Gasteiger partial charge in [0.25, 0.3) is 0 Å². The molecule has 0 radical (unpaired) electrons. The molecule has 0 aliphatic heterocycles. The SMILES string of the molecule is Cc1ccc(C(CCCCNS(=O)(=O)c2ccc(O)c(C(=O)O)c2)C(=O)N[C@@H](CC=O)C(=O)O)cc1. The van der Waals surface area contributed by atoms with Crippen LogP contribution in [0.1, 0.15) is 53.1 Å². The lowest BCUT2D eigenvalue weighted by Crippen LogP contribution is -2.43. The number of carboxylic acids is 2. The summed E-state index contributed by atoms with van der Waals surface area (Å²) in [6.45, 7) is 1.87. The first-order valence-electron chi connectivity index (χ1n) is 11.1. The number of nitrogens with one attached hydrogen (secondary N) is 2.